The van der Waals surface area contributed by atoms with E-state index in [1.807, 2.05) is 16.9 Å². The molecule has 2 bridgehead atoms. The summed E-state index contributed by atoms with van der Waals surface area (Å²) in [6, 6.07) is 6.97. The van der Waals surface area contributed by atoms with Gasteiger partial charge in [-0.15, -0.1) is 9.89 Å². The predicted octanol–water partition coefficient (Wildman–Crippen LogP) is 4.89. The summed E-state index contributed by atoms with van der Waals surface area (Å²) in [5.74, 6) is -2.16. The third kappa shape index (κ3) is 3.00. The minimum atomic E-state index is -4.50. The summed E-state index contributed by atoms with van der Waals surface area (Å²) >= 11 is 0. The SMILES string of the molecule is Fc1ccc(-c2c(C3(C(F)(F)F)CC3)ncc3cc4c(cnn4[N+]45CCN(CC4)CC5)cc23)cc1F. The van der Waals surface area contributed by atoms with E-state index in [0.717, 1.165) is 66.9 Å². The van der Waals surface area contributed by atoms with Crippen molar-refractivity contribution in [2.75, 3.05) is 39.3 Å². The lowest BCUT2D eigenvalue weighted by Gasteiger charge is -2.48. The van der Waals surface area contributed by atoms with Crippen LogP contribution in [0.5, 0.6) is 0 Å². The molecular formula is C26H23F5N5+. The van der Waals surface area contributed by atoms with Gasteiger partial charge in [0.1, 0.15) is 30.6 Å². The molecule has 4 fully saturated rings. The molecule has 0 amide bonds. The van der Waals surface area contributed by atoms with Crippen LogP contribution in [0, 0.1) is 11.6 Å². The first-order valence-corrected chi connectivity index (χ1v) is 12.1. The van der Waals surface area contributed by atoms with Gasteiger partial charge >= 0.3 is 6.18 Å². The molecule has 3 saturated heterocycles. The van der Waals surface area contributed by atoms with E-state index >= 15 is 0 Å². The van der Waals surface area contributed by atoms with Gasteiger partial charge in [0.25, 0.3) is 0 Å². The second kappa shape index (κ2) is 7.23. The number of alkyl halides is 3. The monoisotopic (exact) mass is 500 g/mol. The Labute approximate surface area is 203 Å². The van der Waals surface area contributed by atoms with Crippen molar-refractivity contribution in [3.05, 3.63) is 60.1 Å². The third-order valence-corrected chi connectivity index (χ3v) is 8.41. The predicted molar refractivity (Wildman–Crippen MR) is 126 cm³/mol. The first kappa shape index (κ1) is 22.1. The summed E-state index contributed by atoms with van der Waals surface area (Å²) in [6.45, 7) is 5.83. The average molecular weight is 500 g/mol. The van der Waals surface area contributed by atoms with Crippen molar-refractivity contribution in [3.63, 3.8) is 0 Å². The Morgan fingerprint density at radius 1 is 0.861 bits per heavy atom. The molecule has 0 radical (unpaired) electrons. The lowest BCUT2D eigenvalue weighted by molar-refractivity contribution is -0.161. The Hall–Kier alpha value is -3.11. The number of hydrogen-bond donors (Lipinski definition) is 0. The quantitative estimate of drug-likeness (QED) is 0.297. The number of hydrogen-bond acceptors (Lipinski definition) is 3. The fourth-order valence-electron chi connectivity index (χ4n) is 6.09. The fourth-order valence-corrected chi connectivity index (χ4v) is 6.09. The van der Waals surface area contributed by atoms with Gasteiger partial charge < -0.3 is 0 Å². The molecule has 0 N–H and O–H groups in total. The lowest BCUT2D eigenvalue weighted by atomic mass is 9.88. The first-order valence-electron chi connectivity index (χ1n) is 12.1. The number of fused-ring (bicyclic) bond motifs is 5. The van der Waals surface area contributed by atoms with Crippen molar-refractivity contribution >= 4 is 21.7 Å². The van der Waals surface area contributed by atoms with Crippen LogP contribution in [0.1, 0.15) is 18.5 Å². The Bertz CT molecular complexity index is 1520. The van der Waals surface area contributed by atoms with Crippen molar-refractivity contribution in [3.8, 4) is 11.1 Å². The maximum absolute atomic E-state index is 14.3. The van der Waals surface area contributed by atoms with Gasteiger partial charge in [-0.2, -0.15) is 17.8 Å². The van der Waals surface area contributed by atoms with E-state index in [2.05, 4.69) is 9.88 Å². The van der Waals surface area contributed by atoms with Crippen LogP contribution in [0.15, 0.2) is 42.7 Å². The van der Waals surface area contributed by atoms with Gasteiger partial charge in [-0.25, -0.2) is 8.78 Å². The number of quaternary nitrogens is 1. The molecule has 0 atom stereocenters. The topological polar surface area (TPSA) is 34.0 Å². The summed E-state index contributed by atoms with van der Waals surface area (Å²) in [7, 11) is 0. The molecule has 1 saturated carbocycles. The van der Waals surface area contributed by atoms with Gasteiger partial charge in [-0.3, -0.25) is 9.88 Å². The molecule has 36 heavy (non-hydrogen) atoms. The van der Waals surface area contributed by atoms with Crippen molar-refractivity contribution < 1.29 is 22.0 Å². The highest BCUT2D eigenvalue weighted by Gasteiger charge is 2.66. The average Bonchev–Trinajstić information content (AvgIpc) is 3.59. The van der Waals surface area contributed by atoms with Gasteiger partial charge in [0.2, 0.25) is 0 Å². The molecule has 0 unspecified atom stereocenters. The Morgan fingerprint density at radius 3 is 2.22 bits per heavy atom. The maximum Gasteiger partial charge on any atom is 0.399 e. The minimum absolute atomic E-state index is 0.0805. The highest BCUT2D eigenvalue weighted by atomic mass is 19.4. The van der Waals surface area contributed by atoms with Crippen LogP contribution in [0.25, 0.3) is 32.8 Å². The molecule has 3 aliphatic heterocycles. The number of nitrogens with zero attached hydrogens (tertiary/aromatic N) is 5. The van der Waals surface area contributed by atoms with Crippen LogP contribution in [-0.2, 0) is 5.41 Å². The van der Waals surface area contributed by atoms with E-state index in [1.54, 1.807) is 6.20 Å². The smallest absolute Gasteiger partial charge is 0.286 e. The van der Waals surface area contributed by atoms with Gasteiger partial charge in [0, 0.05) is 22.5 Å². The summed E-state index contributed by atoms with van der Waals surface area (Å²) in [4.78, 5) is 8.81. The van der Waals surface area contributed by atoms with Gasteiger partial charge in [-0.05, 0) is 48.1 Å². The molecule has 5 nitrogen and oxygen atoms in total. The van der Waals surface area contributed by atoms with Crippen LogP contribution < -0.4 is 4.59 Å². The fraction of sp³-hybridized carbons (Fsp3) is 0.385. The molecule has 8 rings (SSSR count). The van der Waals surface area contributed by atoms with E-state index in [-0.39, 0.29) is 29.7 Å². The molecule has 4 aromatic rings. The van der Waals surface area contributed by atoms with Crippen molar-refractivity contribution in [1.29, 1.82) is 0 Å². The van der Waals surface area contributed by atoms with Crippen LogP contribution in [0.4, 0.5) is 22.0 Å². The normalized spacial score (nSPS) is 25.1. The molecule has 2 aromatic carbocycles. The van der Waals surface area contributed by atoms with Crippen LogP contribution in [0.2, 0.25) is 0 Å². The summed E-state index contributed by atoms with van der Waals surface area (Å²) in [6.07, 6.45) is -1.44. The number of aromatic nitrogens is 3. The van der Waals surface area contributed by atoms with Crippen molar-refractivity contribution in [2.45, 2.75) is 24.4 Å². The van der Waals surface area contributed by atoms with Crippen LogP contribution >= 0.6 is 0 Å². The van der Waals surface area contributed by atoms with E-state index in [0.29, 0.717) is 10.8 Å². The second-order valence-electron chi connectivity index (χ2n) is 10.3. The first-order chi connectivity index (χ1) is 17.2. The van der Waals surface area contributed by atoms with E-state index in [9.17, 15) is 22.0 Å². The van der Waals surface area contributed by atoms with Gasteiger partial charge in [0.05, 0.1) is 31.5 Å². The summed E-state index contributed by atoms with van der Waals surface area (Å²) in [5, 5.41) is 6.68. The van der Waals surface area contributed by atoms with E-state index < -0.39 is 23.2 Å². The number of pyridine rings is 1. The molecular weight excluding hydrogens is 477 g/mol. The minimum Gasteiger partial charge on any atom is -0.286 e. The highest BCUT2D eigenvalue weighted by Crippen LogP contribution is 2.60. The molecule has 2 aromatic heterocycles. The second-order valence-corrected chi connectivity index (χ2v) is 10.3. The lowest BCUT2D eigenvalue weighted by Crippen LogP contribution is -2.73. The Kier molecular flexibility index (Phi) is 4.44. The highest BCUT2D eigenvalue weighted by molar-refractivity contribution is 6.04. The molecule has 1 aliphatic carbocycles. The van der Waals surface area contributed by atoms with E-state index in [1.165, 1.54) is 12.3 Å². The number of piperazine rings is 3. The standard InChI is InChI=1S/C26H23F5N5/c27-20-2-1-16(12-21(20)28)23-19-11-18-15-33-35(36-8-5-34(6-9-36)7-10-36)22(18)13-17(19)14-32-24(23)25(3-4-25)26(29,30)31/h1-2,11-15H,3-10H2/q+1. The number of halogens is 5. The zero-order valence-corrected chi connectivity index (χ0v) is 19.3. The molecule has 0 spiro atoms. The van der Waals surface area contributed by atoms with E-state index in [4.69, 9.17) is 5.10 Å². The summed E-state index contributed by atoms with van der Waals surface area (Å²) in [5.41, 5.74) is -0.936. The maximum atomic E-state index is 14.3. The number of benzene rings is 2. The van der Waals surface area contributed by atoms with Crippen LogP contribution in [-0.4, -0.2) is 65.2 Å². The largest absolute Gasteiger partial charge is 0.399 e. The molecule has 4 aliphatic rings. The Balaban J connectivity index is 1.48. The van der Waals surface area contributed by atoms with Gasteiger partial charge in [0.15, 0.2) is 11.6 Å². The Morgan fingerprint density at radius 2 is 1.58 bits per heavy atom. The zero-order valence-electron chi connectivity index (χ0n) is 19.3. The van der Waals surface area contributed by atoms with Crippen molar-refractivity contribution in [2.24, 2.45) is 0 Å². The molecule has 5 heterocycles. The zero-order chi connectivity index (χ0) is 24.9. The van der Waals surface area contributed by atoms with Crippen LogP contribution in [0.3, 0.4) is 0 Å². The molecule has 10 heteroatoms. The third-order valence-electron chi connectivity index (χ3n) is 8.41. The summed E-state index contributed by atoms with van der Waals surface area (Å²) < 4.78 is 71.2. The number of rotatable bonds is 3. The molecule has 186 valence electrons. The van der Waals surface area contributed by atoms with Crippen molar-refractivity contribution in [1.82, 2.24) is 24.4 Å². The van der Waals surface area contributed by atoms with Gasteiger partial charge in [-0.1, -0.05) is 6.07 Å².